The fraction of sp³-hybridized carbons (Fsp3) is 0.562. The van der Waals surface area contributed by atoms with Gasteiger partial charge >= 0.3 is 0 Å². The number of hydrogen-bond donors (Lipinski definition) is 1. The monoisotopic (exact) mass is 339 g/mol. The van der Waals surface area contributed by atoms with Gasteiger partial charge in [-0.2, -0.15) is 0 Å². The van der Waals surface area contributed by atoms with Crippen molar-refractivity contribution in [3.63, 3.8) is 0 Å². The summed E-state index contributed by atoms with van der Waals surface area (Å²) in [7, 11) is 0. The molecule has 0 bridgehead atoms. The number of amides is 1. The van der Waals surface area contributed by atoms with Crippen molar-refractivity contribution in [1.82, 2.24) is 0 Å². The standard InChI is InChI=1S/C16H22BrNO2/c17-12-16(19)18-14-6-8-15(9-7-14)20-11-10-13-4-2-1-3-5-13/h6-9,13H,1-5,10-12H2,(H,18,19). The fourth-order valence-corrected chi connectivity index (χ4v) is 2.79. The smallest absolute Gasteiger partial charge is 0.235 e. The lowest BCUT2D eigenvalue weighted by atomic mass is 9.87. The second-order valence-corrected chi connectivity index (χ2v) is 5.91. The molecule has 3 nitrogen and oxygen atoms in total. The van der Waals surface area contributed by atoms with Gasteiger partial charge in [-0.05, 0) is 36.6 Å². The molecule has 1 N–H and O–H groups in total. The average Bonchev–Trinajstić information content (AvgIpc) is 2.50. The third-order valence-corrected chi connectivity index (χ3v) is 4.29. The van der Waals surface area contributed by atoms with E-state index in [0.717, 1.165) is 30.4 Å². The molecule has 0 spiro atoms. The lowest BCUT2D eigenvalue weighted by molar-refractivity contribution is -0.113. The fourth-order valence-electron chi connectivity index (χ4n) is 2.65. The number of halogens is 1. The van der Waals surface area contributed by atoms with E-state index >= 15 is 0 Å². The summed E-state index contributed by atoms with van der Waals surface area (Å²) in [6, 6.07) is 7.56. The van der Waals surface area contributed by atoms with Crippen LogP contribution in [0.3, 0.4) is 0 Å². The first kappa shape index (κ1) is 15.4. The van der Waals surface area contributed by atoms with E-state index in [2.05, 4.69) is 21.2 Å². The topological polar surface area (TPSA) is 38.3 Å². The molecule has 0 aromatic heterocycles. The maximum absolute atomic E-state index is 11.2. The minimum absolute atomic E-state index is 0.0454. The van der Waals surface area contributed by atoms with Crippen LogP contribution in [-0.2, 0) is 4.79 Å². The van der Waals surface area contributed by atoms with E-state index in [1.807, 2.05) is 24.3 Å². The number of hydrogen-bond acceptors (Lipinski definition) is 2. The molecular formula is C16H22BrNO2. The summed E-state index contributed by atoms with van der Waals surface area (Å²) in [6.07, 6.45) is 8.04. The summed E-state index contributed by atoms with van der Waals surface area (Å²) >= 11 is 3.12. The normalized spacial score (nSPS) is 15.8. The minimum atomic E-state index is -0.0454. The Hall–Kier alpha value is -1.03. The van der Waals surface area contributed by atoms with Crippen molar-refractivity contribution in [3.8, 4) is 5.75 Å². The Morgan fingerprint density at radius 3 is 2.55 bits per heavy atom. The van der Waals surface area contributed by atoms with E-state index in [9.17, 15) is 4.79 Å². The highest BCUT2D eigenvalue weighted by atomic mass is 79.9. The van der Waals surface area contributed by atoms with Crippen LogP contribution in [0, 0.1) is 5.92 Å². The summed E-state index contributed by atoms with van der Waals surface area (Å²) in [5.74, 6) is 1.68. The van der Waals surface area contributed by atoms with E-state index in [1.54, 1.807) is 0 Å². The van der Waals surface area contributed by atoms with Gasteiger partial charge in [-0.25, -0.2) is 0 Å². The van der Waals surface area contributed by atoms with Crippen molar-refractivity contribution < 1.29 is 9.53 Å². The highest BCUT2D eigenvalue weighted by Crippen LogP contribution is 2.26. The molecule has 0 aliphatic heterocycles. The number of nitrogens with one attached hydrogen (secondary N) is 1. The number of carbonyl (C=O) groups is 1. The van der Waals surface area contributed by atoms with Crippen LogP contribution in [0.4, 0.5) is 5.69 Å². The molecule has 1 aromatic carbocycles. The van der Waals surface area contributed by atoms with Crippen molar-refractivity contribution in [1.29, 1.82) is 0 Å². The SMILES string of the molecule is O=C(CBr)Nc1ccc(OCCC2CCCCC2)cc1. The molecule has 0 heterocycles. The van der Waals surface area contributed by atoms with Crippen LogP contribution >= 0.6 is 15.9 Å². The Bertz CT molecular complexity index is 413. The van der Waals surface area contributed by atoms with Gasteiger partial charge in [-0.3, -0.25) is 4.79 Å². The van der Waals surface area contributed by atoms with Crippen molar-refractivity contribution in [3.05, 3.63) is 24.3 Å². The molecule has 0 saturated heterocycles. The molecule has 110 valence electrons. The van der Waals surface area contributed by atoms with Gasteiger partial charge in [0, 0.05) is 5.69 Å². The maximum Gasteiger partial charge on any atom is 0.235 e. The quantitative estimate of drug-likeness (QED) is 0.781. The molecular weight excluding hydrogens is 318 g/mol. The third kappa shape index (κ3) is 5.16. The maximum atomic E-state index is 11.2. The van der Waals surface area contributed by atoms with Crippen molar-refractivity contribution >= 4 is 27.5 Å². The third-order valence-electron chi connectivity index (χ3n) is 3.78. The molecule has 20 heavy (non-hydrogen) atoms. The predicted molar refractivity (Wildman–Crippen MR) is 85.6 cm³/mol. The molecule has 1 amide bonds. The van der Waals surface area contributed by atoms with Crippen LogP contribution in [0.1, 0.15) is 38.5 Å². The van der Waals surface area contributed by atoms with Crippen molar-refractivity contribution in [2.45, 2.75) is 38.5 Å². The Morgan fingerprint density at radius 2 is 1.90 bits per heavy atom. The van der Waals surface area contributed by atoms with E-state index in [-0.39, 0.29) is 5.91 Å². The highest BCUT2D eigenvalue weighted by Gasteiger charge is 2.13. The zero-order valence-corrected chi connectivity index (χ0v) is 13.3. The number of benzene rings is 1. The number of rotatable bonds is 6. The van der Waals surface area contributed by atoms with Crippen molar-refractivity contribution in [2.24, 2.45) is 5.92 Å². The van der Waals surface area contributed by atoms with Gasteiger partial charge in [-0.15, -0.1) is 0 Å². The predicted octanol–water partition coefficient (Wildman–Crippen LogP) is 4.37. The number of ether oxygens (including phenoxy) is 1. The average molecular weight is 340 g/mol. The summed E-state index contributed by atoms with van der Waals surface area (Å²) in [4.78, 5) is 11.2. The molecule has 4 heteroatoms. The Kier molecular flexibility index (Phi) is 6.37. The first-order chi connectivity index (χ1) is 9.78. The van der Waals surface area contributed by atoms with Gasteiger partial charge in [0.15, 0.2) is 0 Å². The number of anilines is 1. The molecule has 0 radical (unpaired) electrons. The molecule has 0 unspecified atom stereocenters. The Balaban J connectivity index is 1.71. The lowest BCUT2D eigenvalue weighted by Gasteiger charge is -2.21. The van der Waals surface area contributed by atoms with E-state index in [4.69, 9.17) is 4.74 Å². The zero-order chi connectivity index (χ0) is 14.2. The number of carbonyl (C=O) groups excluding carboxylic acids is 1. The van der Waals surface area contributed by atoms with Crippen LogP contribution in [-0.4, -0.2) is 17.8 Å². The Labute approximate surface area is 129 Å². The molecule has 0 atom stereocenters. The van der Waals surface area contributed by atoms with E-state index < -0.39 is 0 Å². The van der Waals surface area contributed by atoms with Gasteiger partial charge in [0.1, 0.15) is 5.75 Å². The summed E-state index contributed by atoms with van der Waals surface area (Å²) in [6.45, 7) is 0.789. The van der Waals surface area contributed by atoms with Crippen LogP contribution in [0.2, 0.25) is 0 Å². The molecule has 1 saturated carbocycles. The highest BCUT2D eigenvalue weighted by molar-refractivity contribution is 9.09. The summed E-state index contributed by atoms with van der Waals surface area (Å²) < 4.78 is 5.77. The van der Waals surface area contributed by atoms with Crippen LogP contribution in [0.25, 0.3) is 0 Å². The molecule has 1 aliphatic rings. The van der Waals surface area contributed by atoms with Gasteiger partial charge in [0.05, 0.1) is 11.9 Å². The summed E-state index contributed by atoms with van der Waals surface area (Å²) in [5.41, 5.74) is 0.800. The van der Waals surface area contributed by atoms with Gasteiger partial charge in [0.2, 0.25) is 5.91 Å². The van der Waals surface area contributed by atoms with Gasteiger partial charge in [-0.1, -0.05) is 48.0 Å². The van der Waals surface area contributed by atoms with Crippen LogP contribution < -0.4 is 10.1 Å². The summed E-state index contributed by atoms with van der Waals surface area (Å²) in [5, 5.41) is 3.10. The second-order valence-electron chi connectivity index (χ2n) is 5.35. The van der Waals surface area contributed by atoms with Crippen LogP contribution in [0.5, 0.6) is 5.75 Å². The van der Waals surface area contributed by atoms with Gasteiger partial charge < -0.3 is 10.1 Å². The second kappa shape index (κ2) is 8.30. The van der Waals surface area contributed by atoms with Gasteiger partial charge in [0.25, 0.3) is 0 Å². The first-order valence-electron chi connectivity index (χ1n) is 7.36. The van der Waals surface area contributed by atoms with E-state index in [1.165, 1.54) is 32.1 Å². The zero-order valence-electron chi connectivity index (χ0n) is 11.7. The minimum Gasteiger partial charge on any atom is -0.494 e. The first-order valence-corrected chi connectivity index (χ1v) is 8.49. The van der Waals surface area contributed by atoms with Crippen molar-refractivity contribution in [2.75, 3.05) is 17.3 Å². The molecule has 1 fully saturated rings. The molecule has 1 aromatic rings. The lowest BCUT2D eigenvalue weighted by Crippen LogP contribution is -2.12. The van der Waals surface area contributed by atoms with Crippen LogP contribution in [0.15, 0.2) is 24.3 Å². The number of alkyl halides is 1. The Morgan fingerprint density at radius 1 is 1.20 bits per heavy atom. The molecule has 1 aliphatic carbocycles. The van der Waals surface area contributed by atoms with E-state index in [0.29, 0.717) is 5.33 Å². The largest absolute Gasteiger partial charge is 0.494 e. The molecule has 2 rings (SSSR count).